The van der Waals surface area contributed by atoms with Crippen molar-refractivity contribution in [3.05, 3.63) is 65.7 Å². The average Bonchev–Trinajstić information content (AvgIpc) is 3.24. The molecular formula is C22H29N3O3S. The Morgan fingerprint density at radius 2 is 1.86 bits per heavy atom. The largest absolute Gasteiger partial charge is 0.351 e. The van der Waals surface area contributed by atoms with E-state index in [0.717, 1.165) is 18.7 Å². The molecule has 0 aliphatic carbocycles. The topological polar surface area (TPSA) is 69.7 Å². The van der Waals surface area contributed by atoms with E-state index in [9.17, 15) is 13.2 Å². The van der Waals surface area contributed by atoms with E-state index in [-0.39, 0.29) is 10.8 Å². The highest BCUT2D eigenvalue weighted by Crippen LogP contribution is 2.26. The second kappa shape index (κ2) is 9.52. The van der Waals surface area contributed by atoms with Gasteiger partial charge < -0.3 is 10.2 Å². The molecule has 1 N–H and O–H groups in total. The van der Waals surface area contributed by atoms with Gasteiger partial charge in [0.15, 0.2) is 0 Å². The third-order valence-corrected chi connectivity index (χ3v) is 7.23. The van der Waals surface area contributed by atoms with Crippen LogP contribution in [-0.2, 0) is 27.9 Å². The van der Waals surface area contributed by atoms with Gasteiger partial charge in [-0.05, 0) is 49.7 Å². The van der Waals surface area contributed by atoms with Crippen molar-refractivity contribution >= 4 is 15.9 Å². The zero-order valence-corrected chi connectivity index (χ0v) is 17.9. The van der Waals surface area contributed by atoms with Crippen molar-refractivity contribution in [2.24, 2.45) is 0 Å². The van der Waals surface area contributed by atoms with E-state index < -0.39 is 16.1 Å². The van der Waals surface area contributed by atoms with Crippen LogP contribution >= 0.6 is 0 Å². The smallest absolute Gasteiger partial charge is 0.243 e. The summed E-state index contributed by atoms with van der Waals surface area (Å²) in [6.45, 7) is 4.69. The van der Waals surface area contributed by atoms with Crippen molar-refractivity contribution in [2.75, 3.05) is 20.1 Å². The Hall–Kier alpha value is -2.22. The Morgan fingerprint density at radius 3 is 2.59 bits per heavy atom. The molecule has 29 heavy (non-hydrogen) atoms. The highest BCUT2D eigenvalue weighted by Gasteiger charge is 2.39. The average molecular weight is 416 g/mol. The Balaban J connectivity index is 1.65. The Morgan fingerprint density at radius 1 is 1.14 bits per heavy atom. The quantitative estimate of drug-likeness (QED) is 0.720. The van der Waals surface area contributed by atoms with Crippen LogP contribution in [0.5, 0.6) is 0 Å². The van der Waals surface area contributed by atoms with E-state index in [1.165, 1.54) is 9.87 Å². The van der Waals surface area contributed by atoms with Crippen LogP contribution in [0, 0.1) is 0 Å². The van der Waals surface area contributed by atoms with Gasteiger partial charge in [0.05, 0.1) is 4.90 Å². The Labute approximate surface area is 173 Å². The highest BCUT2D eigenvalue weighted by molar-refractivity contribution is 7.89. The number of benzene rings is 2. The zero-order valence-electron chi connectivity index (χ0n) is 17.0. The number of nitrogens with one attached hydrogen (secondary N) is 1. The van der Waals surface area contributed by atoms with Crippen LogP contribution in [0.25, 0.3) is 0 Å². The second-order valence-electron chi connectivity index (χ2n) is 7.45. The van der Waals surface area contributed by atoms with Gasteiger partial charge in [-0.15, -0.1) is 0 Å². The summed E-state index contributed by atoms with van der Waals surface area (Å²) in [5.41, 5.74) is 2.20. The molecule has 2 aromatic rings. The van der Waals surface area contributed by atoms with Crippen molar-refractivity contribution in [1.29, 1.82) is 0 Å². The lowest BCUT2D eigenvalue weighted by molar-refractivity contribution is -0.124. The molecule has 0 aromatic heterocycles. The maximum Gasteiger partial charge on any atom is 0.243 e. The first-order chi connectivity index (χ1) is 13.9. The van der Waals surface area contributed by atoms with Crippen LogP contribution in [0.2, 0.25) is 0 Å². The molecular weight excluding hydrogens is 386 g/mol. The van der Waals surface area contributed by atoms with Crippen LogP contribution in [-0.4, -0.2) is 49.7 Å². The maximum atomic E-state index is 12.9. The zero-order chi connectivity index (χ0) is 20.9. The normalized spacial score (nSPS) is 17.6. The molecule has 1 aliphatic heterocycles. The van der Waals surface area contributed by atoms with Crippen LogP contribution < -0.4 is 5.32 Å². The van der Waals surface area contributed by atoms with Crippen molar-refractivity contribution in [1.82, 2.24) is 14.5 Å². The van der Waals surface area contributed by atoms with Crippen molar-refractivity contribution in [3.8, 4) is 0 Å². The lowest BCUT2D eigenvalue weighted by Crippen LogP contribution is -2.45. The van der Waals surface area contributed by atoms with E-state index in [1.807, 2.05) is 12.1 Å². The standard InChI is InChI=1S/C22H29N3O3S/c1-3-24(2)17-19-10-7-9-18(15-19)16-23-22(26)21-13-8-14-25(21)29(27,28)20-11-5-4-6-12-20/h4-7,9-12,15,21H,3,8,13-14,16-17H2,1-2H3,(H,23,26). The van der Waals surface area contributed by atoms with E-state index in [4.69, 9.17) is 0 Å². The summed E-state index contributed by atoms with van der Waals surface area (Å²) < 4.78 is 27.2. The van der Waals surface area contributed by atoms with E-state index in [2.05, 4.69) is 36.3 Å². The molecule has 0 saturated carbocycles. The minimum atomic E-state index is -3.67. The van der Waals surface area contributed by atoms with Crippen molar-refractivity contribution < 1.29 is 13.2 Å². The number of rotatable bonds is 8. The highest BCUT2D eigenvalue weighted by atomic mass is 32.2. The molecule has 156 valence electrons. The number of hydrogen-bond donors (Lipinski definition) is 1. The predicted molar refractivity (Wildman–Crippen MR) is 114 cm³/mol. The van der Waals surface area contributed by atoms with Gasteiger partial charge in [0.1, 0.15) is 6.04 Å². The molecule has 1 saturated heterocycles. The fourth-order valence-corrected chi connectivity index (χ4v) is 5.26. The fraction of sp³-hybridized carbons (Fsp3) is 0.409. The fourth-order valence-electron chi connectivity index (χ4n) is 3.59. The molecule has 2 aromatic carbocycles. The first-order valence-electron chi connectivity index (χ1n) is 10.0. The van der Waals surface area contributed by atoms with E-state index in [0.29, 0.717) is 25.9 Å². The molecule has 6 nitrogen and oxygen atoms in total. The molecule has 7 heteroatoms. The summed E-state index contributed by atoms with van der Waals surface area (Å²) in [7, 11) is -1.61. The molecule has 1 unspecified atom stereocenters. The predicted octanol–water partition coefficient (Wildman–Crippen LogP) is 2.61. The van der Waals surface area contributed by atoms with Gasteiger partial charge in [-0.25, -0.2) is 8.42 Å². The maximum absolute atomic E-state index is 12.9. The van der Waals surface area contributed by atoms with Crippen molar-refractivity contribution in [3.63, 3.8) is 0 Å². The molecule has 3 rings (SSSR count). The molecule has 0 radical (unpaired) electrons. The molecule has 1 heterocycles. The summed E-state index contributed by atoms with van der Waals surface area (Å²) in [6.07, 6.45) is 1.22. The van der Waals surface area contributed by atoms with Gasteiger partial charge in [0, 0.05) is 19.6 Å². The molecule has 0 bridgehead atoms. The van der Waals surface area contributed by atoms with Crippen LogP contribution in [0.3, 0.4) is 0 Å². The lowest BCUT2D eigenvalue weighted by atomic mass is 10.1. The summed E-state index contributed by atoms with van der Waals surface area (Å²) in [5.74, 6) is -0.238. The minimum absolute atomic E-state index is 0.229. The minimum Gasteiger partial charge on any atom is -0.351 e. The first-order valence-corrected chi connectivity index (χ1v) is 11.5. The number of amides is 1. The van der Waals surface area contributed by atoms with Crippen molar-refractivity contribution in [2.45, 2.75) is 43.8 Å². The first kappa shape index (κ1) is 21.5. The number of hydrogen-bond acceptors (Lipinski definition) is 4. The number of carbonyl (C=O) groups is 1. The van der Waals surface area contributed by atoms with Gasteiger partial charge >= 0.3 is 0 Å². The van der Waals surface area contributed by atoms with Crippen LogP contribution in [0.1, 0.15) is 30.9 Å². The van der Waals surface area contributed by atoms with Gasteiger partial charge in [-0.1, -0.05) is 49.4 Å². The van der Waals surface area contributed by atoms with Gasteiger partial charge in [-0.2, -0.15) is 4.31 Å². The SMILES string of the molecule is CCN(C)Cc1cccc(CNC(=O)C2CCCN2S(=O)(=O)c2ccccc2)c1. The Bertz CT molecular complexity index is 931. The lowest BCUT2D eigenvalue weighted by Gasteiger charge is -2.23. The molecule has 0 spiro atoms. The number of sulfonamides is 1. The molecule has 1 aliphatic rings. The van der Waals surface area contributed by atoms with Gasteiger partial charge in [0.2, 0.25) is 15.9 Å². The summed E-state index contributed by atoms with van der Waals surface area (Å²) in [5, 5.41) is 2.93. The summed E-state index contributed by atoms with van der Waals surface area (Å²) >= 11 is 0. The summed E-state index contributed by atoms with van der Waals surface area (Å²) in [4.78, 5) is 15.2. The van der Waals surface area contributed by atoms with E-state index >= 15 is 0 Å². The molecule has 1 atom stereocenters. The monoisotopic (exact) mass is 415 g/mol. The van der Waals surface area contributed by atoms with Crippen LogP contribution in [0.4, 0.5) is 0 Å². The number of carbonyl (C=O) groups excluding carboxylic acids is 1. The van der Waals surface area contributed by atoms with Gasteiger partial charge in [-0.3, -0.25) is 4.79 Å². The Kier molecular flexibility index (Phi) is 7.05. The molecule has 1 amide bonds. The van der Waals surface area contributed by atoms with E-state index in [1.54, 1.807) is 30.3 Å². The third kappa shape index (κ3) is 5.23. The van der Waals surface area contributed by atoms with Gasteiger partial charge in [0.25, 0.3) is 0 Å². The van der Waals surface area contributed by atoms with Crippen LogP contribution in [0.15, 0.2) is 59.5 Å². The summed E-state index contributed by atoms with van der Waals surface area (Å²) in [6, 6.07) is 15.8. The third-order valence-electron chi connectivity index (χ3n) is 5.31. The second-order valence-corrected chi connectivity index (χ2v) is 9.35. The number of nitrogens with zero attached hydrogens (tertiary/aromatic N) is 2. The molecule has 1 fully saturated rings.